The zero-order chi connectivity index (χ0) is 86.5. The second kappa shape index (κ2) is 70.9. The van der Waals surface area contributed by atoms with Crippen LogP contribution in [0.3, 0.4) is 0 Å². The molecule has 21 N–H and O–H groups in total. The van der Waals surface area contributed by atoms with Gasteiger partial charge < -0.3 is 166 Å². The molecule has 22 atom stereocenters. The van der Waals surface area contributed by atoms with Gasteiger partial charge in [-0.3, -0.25) is 9.59 Å². The third-order valence-corrected chi connectivity index (χ3v) is 18.4. The molecule has 0 amide bonds. The number of nitrogens with two attached hydrogens (primary N) is 4. The second-order valence-electron chi connectivity index (χ2n) is 31.1. The summed E-state index contributed by atoms with van der Waals surface area (Å²) in [7, 11) is 0. The van der Waals surface area contributed by atoms with E-state index < -0.39 is 142 Å². The molecule has 1 aliphatic heterocycles. The van der Waals surface area contributed by atoms with E-state index in [9.17, 15) is 70.2 Å². The number of rotatable bonds is 72. The van der Waals surface area contributed by atoms with Crippen LogP contribution in [0.1, 0.15) is 212 Å². The summed E-state index contributed by atoms with van der Waals surface area (Å²) in [5, 5.41) is 114. The van der Waals surface area contributed by atoms with Gasteiger partial charge in [-0.05, 0) is 187 Å². The maximum atomic E-state index is 11.6. The number of aliphatic hydroxyl groups excluding tert-OH is 10. The maximum absolute atomic E-state index is 11.6. The van der Waals surface area contributed by atoms with Gasteiger partial charge in [-0.25, -0.2) is 0 Å². The highest BCUT2D eigenvalue weighted by atomic mass is 16.7. The predicted molar refractivity (Wildman–Crippen MR) is 432 cm³/mol. The summed E-state index contributed by atoms with van der Waals surface area (Å²) in [6, 6.07) is 0. The fraction of sp³-hybridized carbons (Fsp3) is 0.950. The summed E-state index contributed by atoms with van der Waals surface area (Å²) < 4.78 is 80.1. The molecule has 0 aromatic rings. The molecular formula is C80H161N7O28. The molecule has 0 unspecified atom stereocenters. The van der Waals surface area contributed by atoms with E-state index in [2.05, 4.69) is 16.0 Å². The van der Waals surface area contributed by atoms with Crippen molar-refractivity contribution in [2.24, 2.45) is 28.9 Å². The first kappa shape index (κ1) is 112. The van der Waals surface area contributed by atoms with E-state index in [1.54, 1.807) is 41.5 Å². The van der Waals surface area contributed by atoms with Gasteiger partial charge in [-0.2, -0.15) is 0 Å². The Morgan fingerprint density at radius 3 is 1.26 bits per heavy atom. The smallest absolute Gasteiger partial charge is 0.215 e. The Labute approximate surface area is 686 Å². The first-order valence-electron chi connectivity index (χ1n) is 42.4. The maximum Gasteiger partial charge on any atom is 0.215 e. The monoisotopic (exact) mass is 1670 g/mol. The van der Waals surface area contributed by atoms with Gasteiger partial charge in [0, 0.05) is 25.6 Å². The third-order valence-electron chi connectivity index (χ3n) is 18.4. The Kier molecular flexibility index (Phi) is 69.3. The summed E-state index contributed by atoms with van der Waals surface area (Å²) in [6.45, 7) is 28.0. The molecule has 35 nitrogen and oxygen atoms in total. The van der Waals surface area contributed by atoms with Crippen LogP contribution in [0.5, 0.6) is 0 Å². The number of unbranched alkanes of at least 4 members (excludes halogenated alkanes) is 14. The van der Waals surface area contributed by atoms with E-state index in [-0.39, 0.29) is 94.9 Å². The molecule has 35 heteroatoms. The zero-order valence-corrected chi connectivity index (χ0v) is 71.6. The van der Waals surface area contributed by atoms with Crippen molar-refractivity contribution in [2.75, 3.05) is 105 Å². The highest BCUT2D eigenvalue weighted by Crippen LogP contribution is 2.31. The van der Waals surface area contributed by atoms with Crippen LogP contribution in [-0.4, -0.2) is 347 Å². The minimum absolute atomic E-state index is 0.0316. The van der Waals surface area contributed by atoms with Crippen molar-refractivity contribution >= 4 is 25.1 Å². The lowest BCUT2D eigenvalue weighted by Gasteiger charge is -2.43. The van der Waals surface area contributed by atoms with E-state index in [0.717, 1.165) is 155 Å². The summed E-state index contributed by atoms with van der Waals surface area (Å²) >= 11 is 0. The van der Waals surface area contributed by atoms with Crippen molar-refractivity contribution in [3.63, 3.8) is 0 Å². The largest absolute Gasteiger partial charge is 0.390 e. The van der Waals surface area contributed by atoms with Crippen molar-refractivity contribution < 1.29 is 137 Å². The number of carbonyl (C=O) groups is 4. The zero-order valence-electron chi connectivity index (χ0n) is 71.6. The normalized spacial score (nSPS) is 23.2. The molecule has 1 saturated carbocycles. The van der Waals surface area contributed by atoms with Crippen molar-refractivity contribution in [1.82, 2.24) is 16.0 Å². The standard InChI is InChI=1S/C43H95N7O7.C19H36O10.C18H30O11/c1-36(2)53-34-41(39(52)31-48-28-20-12-9-17-25-45)56-42(32-49-29-21-13-10-18-26-46)54-35-40(38(51)23-15-7-5-6-8-16-24-44)57-43(55-37(3)4)33-50-30-22-14-11-19-27-47;1-8(2)26-6-10-5-11(14(21)16(23)13(10)20)27-7-12-15(22)17(24)18(25)19(29-12)28-9(3)4;1-11(2)25-9-15(13(23)5-19)28-17(7-21)26-10-16(14(24)6-20)29-18(8-22)27-12(3)4/h36-43,48-52H,5-35,44-47H2,1-4H3;8-25H,5-7H2,1-4H3;5-8,11-18,23-24H,9-10H2,1-4H3/t38-,39-,40+,41+,42-,43+;10-,11+,12-,13-,14+,15-,16+,17+,18-,19-;13-,14-,15+,16+,17-,18+/m010/s1. The molecule has 0 spiro atoms. The van der Waals surface area contributed by atoms with Gasteiger partial charge in [0.05, 0.1) is 101 Å². The molecule has 0 radical (unpaired) electrons. The van der Waals surface area contributed by atoms with E-state index in [4.69, 9.17) is 89.3 Å². The number of hydrogen-bond acceptors (Lipinski definition) is 35. The highest BCUT2D eigenvalue weighted by Gasteiger charge is 2.48. The average Bonchev–Trinajstić information content (AvgIpc) is 0.805. The van der Waals surface area contributed by atoms with Crippen LogP contribution in [0.2, 0.25) is 0 Å². The molecule has 1 heterocycles. The number of ether oxygens (including phenoxy) is 14. The number of nitrogens with one attached hydrogen (secondary N) is 3. The summed E-state index contributed by atoms with van der Waals surface area (Å²) in [5.74, 6) is -0.442. The molecule has 0 aromatic carbocycles. The average molecular weight is 1670 g/mol. The van der Waals surface area contributed by atoms with Gasteiger partial charge in [-0.1, -0.05) is 70.6 Å². The van der Waals surface area contributed by atoms with Gasteiger partial charge in [-0.15, -0.1) is 0 Å². The van der Waals surface area contributed by atoms with E-state index in [1.807, 2.05) is 41.5 Å². The molecule has 0 bridgehead atoms. The Morgan fingerprint density at radius 2 is 0.791 bits per heavy atom. The Hall–Kier alpha value is -2.56. The van der Waals surface area contributed by atoms with Crippen LogP contribution in [-0.2, 0) is 85.5 Å². The quantitative estimate of drug-likeness (QED) is 0.0229. The van der Waals surface area contributed by atoms with Gasteiger partial charge in [0.25, 0.3) is 0 Å². The molecule has 2 rings (SSSR count). The lowest BCUT2D eigenvalue weighted by atomic mass is 9.81. The van der Waals surface area contributed by atoms with Crippen molar-refractivity contribution in [2.45, 2.75) is 377 Å². The fourth-order valence-electron chi connectivity index (χ4n) is 11.9. The fourth-order valence-corrected chi connectivity index (χ4v) is 11.9. The van der Waals surface area contributed by atoms with Crippen LogP contribution in [0, 0.1) is 5.92 Å². The molecule has 2 fully saturated rings. The lowest BCUT2D eigenvalue weighted by Crippen LogP contribution is -2.60. The van der Waals surface area contributed by atoms with E-state index in [1.165, 1.54) is 0 Å². The number of aldehydes is 4. The summed E-state index contributed by atoms with van der Waals surface area (Å²) in [5.41, 5.74) is 22.7. The molecule has 684 valence electrons. The lowest BCUT2D eigenvalue weighted by molar-refractivity contribution is -0.313. The van der Waals surface area contributed by atoms with Gasteiger partial charge in [0.15, 0.2) is 44.0 Å². The Morgan fingerprint density at radius 1 is 0.374 bits per heavy atom. The topological polar surface area (TPSA) is 540 Å². The molecule has 1 saturated heterocycles. The van der Waals surface area contributed by atoms with Crippen molar-refractivity contribution in [3.05, 3.63) is 0 Å². The van der Waals surface area contributed by atoms with Crippen LogP contribution < -0.4 is 38.9 Å². The SMILES string of the molecule is CC(C)OC[C@@H](O[C@@H](C=O)OC[C@@H](O[C@H](C=O)OC(C)C)[C@@H](O)C=O)[C@@H](O)C=O.CC(C)OC[C@@H](O[C@@H](CNCCCCCCN)OC[C@@H](O[C@H](CNCCCCCCN)OC(C)C)[C@@H](O)CCCCCCCCN)[C@@H](O)CNCCCCCCN.CC(C)OC[C@H]1C[C@H](OC[C@H]2O[C@@H](OC(C)C)[C@H](O)[C@@H](O)[C@@H]2O)[C@H](O)[C@@H](O)[C@@H]1O. The third kappa shape index (κ3) is 55.2. The molecule has 1 aliphatic carbocycles. The first-order chi connectivity index (χ1) is 54.9. The van der Waals surface area contributed by atoms with Crippen molar-refractivity contribution in [3.8, 4) is 0 Å². The number of aliphatic hydroxyl groups is 10. The molecular weight excluding hydrogens is 1510 g/mol. The Bertz CT molecular complexity index is 2260. The van der Waals surface area contributed by atoms with E-state index in [0.29, 0.717) is 38.9 Å². The van der Waals surface area contributed by atoms with Crippen LogP contribution in [0.25, 0.3) is 0 Å². The highest BCUT2D eigenvalue weighted by molar-refractivity contribution is 5.58. The second-order valence-corrected chi connectivity index (χ2v) is 31.1. The van der Waals surface area contributed by atoms with Gasteiger partial charge >= 0.3 is 0 Å². The van der Waals surface area contributed by atoms with Crippen molar-refractivity contribution in [1.29, 1.82) is 0 Å². The number of carbonyl (C=O) groups excluding carboxylic acids is 4. The Balaban J connectivity index is 0.00000187. The molecule has 0 aromatic heterocycles. The van der Waals surface area contributed by atoms with Gasteiger partial charge in [0.1, 0.15) is 73.2 Å². The minimum atomic E-state index is -1.68. The van der Waals surface area contributed by atoms with Gasteiger partial charge in [0.2, 0.25) is 12.6 Å². The summed E-state index contributed by atoms with van der Waals surface area (Å²) in [6.07, 6.45) is -4.23. The predicted octanol–water partition coefficient (Wildman–Crippen LogP) is 0.938. The first-order valence-corrected chi connectivity index (χ1v) is 42.4. The summed E-state index contributed by atoms with van der Waals surface area (Å²) in [4.78, 5) is 44.0. The van der Waals surface area contributed by atoms with Crippen LogP contribution in [0.4, 0.5) is 0 Å². The van der Waals surface area contributed by atoms with E-state index >= 15 is 0 Å². The molecule has 115 heavy (non-hydrogen) atoms. The number of hydrogen-bond donors (Lipinski definition) is 17. The minimum Gasteiger partial charge on any atom is -0.390 e. The molecule has 2 aliphatic rings. The van der Waals surface area contributed by atoms with Crippen LogP contribution >= 0.6 is 0 Å². The van der Waals surface area contributed by atoms with Crippen LogP contribution in [0.15, 0.2) is 0 Å².